The zero-order valence-electron chi connectivity index (χ0n) is 15.0. The molecular weight excluding hydrogens is 348 g/mol. The van der Waals surface area contributed by atoms with E-state index in [1.54, 1.807) is 18.2 Å². The Hall–Kier alpha value is -2.44. The van der Waals surface area contributed by atoms with E-state index in [1.807, 2.05) is 36.4 Å². The van der Waals surface area contributed by atoms with Crippen LogP contribution < -0.4 is 10.0 Å². The largest absolute Gasteiger partial charge is 0.348 e. The van der Waals surface area contributed by atoms with E-state index in [0.717, 1.165) is 17.5 Å². The van der Waals surface area contributed by atoms with Gasteiger partial charge in [0.2, 0.25) is 15.9 Å². The molecule has 2 rings (SSSR count). The lowest BCUT2D eigenvalue weighted by Gasteiger charge is -2.06. The number of sulfonamides is 1. The van der Waals surface area contributed by atoms with Gasteiger partial charge in [-0.3, -0.25) is 4.79 Å². The molecule has 0 aliphatic rings. The molecule has 0 atom stereocenters. The van der Waals surface area contributed by atoms with Crippen molar-refractivity contribution in [3.63, 3.8) is 0 Å². The zero-order chi connectivity index (χ0) is 19.0. The minimum atomic E-state index is -3.28. The van der Waals surface area contributed by atoms with Crippen LogP contribution in [-0.4, -0.2) is 21.4 Å². The maximum absolute atomic E-state index is 11.9. The first-order valence-corrected chi connectivity index (χ1v) is 10.1. The number of carbonyl (C=O) groups excluding carboxylic acids is 1. The predicted molar refractivity (Wildman–Crippen MR) is 105 cm³/mol. The van der Waals surface area contributed by atoms with Gasteiger partial charge in [-0.1, -0.05) is 55.5 Å². The van der Waals surface area contributed by atoms with Crippen molar-refractivity contribution < 1.29 is 13.2 Å². The average Bonchev–Trinajstić information content (AvgIpc) is 2.66. The lowest BCUT2D eigenvalue weighted by Crippen LogP contribution is -2.21. The molecular formula is C20H24N2O3S. The molecule has 0 radical (unpaired) electrons. The van der Waals surface area contributed by atoms with Gasteiger partial charge in [-0.25, -0.2) is 13.1 Å². The third-order valence-electron chi connectivity index (χ3n) is 3.97. The average molecular weight is 372 g/mol. The fourth-order valence-corrected chi connectivity index (χ4v) is 3.11. The highest BCUT2D eigenvalue weighted by Crippen LogP contribution is 2.08. The first-order chi connectivity index (χ1) is 12.4. The van der Waals surface area contributed by atoms with E-state index < -0.39 is 10.0 Å². The summed E-state index contributed by atoms with van der Waals surface area (Å²) in [5.74, 6) is -0.234. The number of amides is 1. The van der Waals surface area contributed by atoms with Gasteiger partial charge in [0.05, 0.1) is 5.75 Å². The van der Waals surface area contributed by atoms with Gasteiger partial charge < -0.3 is 5.32 Å². The first-order valence-electron chi connectivity index (χ1n) is 8.45. The molecule has 0 fully saturated rings. The van der Waals surface area contributed by atoms with Crippen molar-refractivity contribution in [2.45, 2.75) is 25.6 Å². The van der Waals surface area contributed by atoms with Gasteiger partial charge in [0.25, 0.3) is 0 Å². The molecule has 0 aliphatic carbocycles. The molecule has 0 aromatic heterocycles. The third kappa shape index (κ3) is 6.46. The van der Waals surface area contributed by atoms with Crippen LogP contribution in [0.15, 0.2) is 54.6 Å². The molecule has 6 heteroatoms. The molecule has 0 aliphatic heterocycles. The topological polar surface area (TPSA) is 75.3 Å². The maximum atomic E-state index is 11.9. The van der Waals surface area contributed by atoms with Crippen LogP contribution in [0.1, 0.15) is 29.2 Å². The van der Waals surface area contributed by atoms with Crippen molar-refractivity contribution in [3.8, 4) is 0 Å². The van der Waals surface area contributed by atoms with Gasteiger partial charge in [0.1, 0.15) is 0 Å². The SMILES string of the molecule is CCc1ccc(C=CC(=O)NCc2ccc(CS(=O)(=O)NC)cc2)cc1. The van der Waals surface area contributed by atoms with Gasteiger partial charge in [-0.15, -0.1) is 0 Å². The Bertz CT molecular complexity index is 855. The summed E-state index contributed by atoms with van der Waals surface area (Å²) in [6.45, 7) is 2.49. The summed E-state index contributed by atoms with van der Waals surface area (Å²) >= 11 is 0. The summed E-state index contributed by atoms with van der Waals surface area (Å²) in [5.41, 5.74) is 3.85. The molecule has 0 unspecified atom stereocenters. The van der Waals surface area contributed by atoms with Gasteiger partial charge in [-0.2, -0.15) is 0 Å². The Morgan fingerprint density at radius 2 is 1.54 bits per heavy atom. The van der Waals surface area contributed by atoms with Crippen LogP contribution in [-0.2, 0) is 33.5 Å². The van der Waals surface area contributed by atoms with Crippen LogP contribution in [0.5, 0.6) is 0 Å². The van der Waals surface area contributed by atoms with E-state index in [4.69, 9.17) is 0 Å². The van der Waals surface area contributed by atoms with Crippen LogP contribution in [0.2, 0.25) is 0 Å². The third-order valence-corrected chi connectivity index (χ3v) is 5.31. The standard InChI is InChI=1S/C20H24N2O3S/c1-3-16-4-6-17(7-5-16)12-13-20(23)22-14-18-8-10-19(11-9-18)15-26(24,25)21-2/h4-13,21H,3,14-15H2,1-2H3,(H,22,23). The lowest BCUT2D eigenvalue weighted by molar-refractivity contribution is -0.116. The van der Waals surface area contributed by atoms with Crippen molar-refractivity contribution in [2.75, 3.05) is 7.05 Å². The molecule has 5 nitrogen and oxygen atoms in total. The summed E-state index contributed by atoms with van der Waals surface area (Å²) in [6.07, 6.45) is 4.28. The number of carbonyl (C=O) groups is 1. The minimum absolute atomic E-state index is 0.0598. The molecule has 0 saturated carbocycles. The quantitative estimate of drug-likeness (QED) is 0.700. The van der Waals surface area contributed by atoms with Crippen molar-refractivity contribution in [1.29, 1.82) is 0 Å². The lowest BCUT2D eigenvalue weighted by atomic mass is 10.1. The number of nitrogens with one attached hydrogen (secondary N) is 2. The number of hydrogen-bond donors (Lipinski definition) is 2. The fraction of sp³-hybridized carbons (Fsp3) is 0.250. The maximum Gasteiger partial charge on any atom is 0.244 e. The van der Waals surface area contributed by atoms with E-state index in [2.05, 4.69) is 17.0 Å². The van der Waals surface area contributed by atoms with E-state index in [9.17, 15) is 13.2 Å². The number of benzene rings is 2. The van der Waals surface area contributed by atoms with Gasteiger partial charge in [-0.05, 0) is 41.8 Å². The van der Waals surface area contributed by atoms with Gasteiger partial charge in [0.15, 0.2) is 0 Å². The molecule has 0 spiro atoms. The predicted octanol–water partition coefficient (Wildman–Crippen LogP) is 2.63. The van der Waals surface area contributed by atoms with Crippen molar-refractivity contribution in [1.82, 2.24) is 10.0 Å². The smallest absolute Gasteiger partial charge is 0.244 e. The zero-order valence-corrected chi connectivity index (χ0v) is 15.8. The summed E-state index contributed by atoms with van der Waals surface area (Å²) in [7, 11) is -1.88. The first kappa shape index (κ1) is 19.9. The molecule has 2 aromatic rings. The Morgan fingerprint density at radius 1 is 0.962 bits per heavy atom. The van der Waals surface area contributed by atoms with Crippen LogP contribution in [0.4, 0.5) is 0 Å². The number of hydrogen-bond acceptors (Lipinski definition) is 3. The summed E-state index contributed by atoms with van der Waals surface area (Å²) < 4.78 is 25.3. The van der Waals surface area contributed by atoms with Crippen LogP contribution in [0.3, 0.4) is 0 Å². The molecule has 0 bridgehead atoms. The second kappa shape index (κ2) is 9.31. The van der Waals surface area contributed by atoms with Crippen LogP contribution >= 0.6 is 0 Å². The van der Waals surface area contributed by atoms with Crippen molar-refractivity contribution in [2.24, 2.45) is 0 Å². The van der Waals surface area contributed by atoms with E-state index in [1.165, 1.54) is 18.7 Å². The van der Waals surface area contributed by atoms with Crippen LogP contribution in [0.25, 0.3) is 6.08 Å². The van der Waals surface area contributed by atoms with E-state index >= 15 is 0 Å². The molecule has 0 heterocycles. The normalized spacial score (nSPS) is 11.6. The van der Waals surface area contributed by atoms with Gasteiger partial charge >= 0.3 is 0 Å². The number of aryl methyl sites for hydroxylation is 1. The molecule has 2 N–H and O–H groups in total. The highest BCUT2D eigenvalue weighted by molar-refractivity contribution is 7.88. The molecule has 2 aromatic carbocycles. The summed E-state index contributed by atoms with van der Waals surface area (Å²) in [6, 6.07) is 15.2. The second-order valence-electron chi connectivity index (χ2n) is 5.93. The highest BCUT2D eigenvalue weighted by atomic mass is 32.2. The molecule has 26 heavy (non-hydrogen) atoms. The fourth-order valence-electron chi connectivity index (χ4n) is 2.33. The summed E-state index contributed by atoms with van der Waals surface area (Å²) in [5, 5.41) is 2.81. The highest BCUT2D eigenvalue weighted by Gasteiger charge is 2.08. The van der Waals surface area contributed by atoms with E-state index in [0.29, 0.717) is 12.1 Å². The van der Waals surface area contributed by atoms with Crippen LogP contribution in [0, 0.1) is 0 Å². The molecule has 138 valence electrons. The Balaban J connectivity index is 1.85. The Labute approximate surface area is 155 Å². The Kier molecular flexibility index (Phi) is 7.12. The second-order valence-corrected chi connectivity index (χ2v) is 7.85. The van der Waals surface area contributed by atoms with Crippen molar-refractivity contribution in [3.05, 3.63) is 76.9 Å². The summed E-state index contributed by atoms with van der Waals surface area (Å²) in [4.78, 5) is 11.9. The number of rotatable bonds is 8. The van der Waals surface area contributed by atoms with Crippen molar-refractivity contribution >= 4 is 22.0 Å². The molecule has 0 saturated heterocycles. The monoisotopic (exact) mass is 372 g/mol. The van der Waals surface area contributed by atoms with E-state index in [-0.39, 0.29) is 11.7 Å². The molecule has 1 amide bonds. The van der Waals surface area contributed by atoms with Gasteiger partial charge in [0, 0.05) is 12.6 Å². The Morgan fingerprint density at radius 3 is 2.12 bits per heavy atom. The minimum Gasteiger partial charge on any atom is -0.348 e.